The zero-order valence-electron chi connectivity index (χ0n) is 22.2. The standard InChI is InChI=1S/C28H37F2N5O4/c1-3-24(29)25(30)10-5-9-23-18-39-28(38)35(23)27(37)32-13-6-14-34-15-11-20(12-16-34)21-7-4-8-22(17-21)33-26(36)19(2)31/h3-5,7-8,10,17,19-20,23H,1,6,9,11-16,18,31H2,2H3,(H,32,37)(H,33,36)/b10-5-,25-24-. The number of halogens is 2. The van der Waals surface area contributed by atoms with Gasteiger partial charge in [0.2, 0.25) is 5.91 Å². The number of rotatable bonds is 11. The van der Waals surface area contributed by atoms with Crippen LogP contribution in [0.4, 0.5) is 24.1 Å². The van der Waals surface area contributed by atoms with Gasteiger partial charge in [0.1, 0.15) is 6.61 Å². The summed E-state index contributed by atoms with van der Waals surface area (Å²) >= 11 is 0. The monoisotopic (exact) mass is 545 g/mol. The summed E-state index contributed by atoms with van der Waals surface area (Å²) in [5.41, 5.74) is 7.58. The van der Waals surface area contributed by atoms with Crippen LogP contribution in [0.1, 0.15) is 44.1 Å². The Labute approximate surface area is 227 Å². The van der Waals surface area contributed by atoms with Gasteiger partial charge in [0.15, 0.2) is 11.7 Å². The van der Waals surface area contributed by atoms with Gasteiger partial charge in [-0.1, -0.05) is 24.8 Å². The lowest BCUT2D eigenvalue weighted by atomic mass is 9.89. The summed E-state index contributed by atoms with van der Waals surface area (Å²) in [5.74, 6) is -1.97. The molecule has 0 saturated carbocycles. The second kappa shape index (κ2) is 14.5. The van der Waals surface area contributed by atoms with Gasteiger partial charge in [0, 0.05) is 12.2 Å². The number of urea groups is 1. The molecule has 1 aromatic carbocycles. The van der Waals surface area contributed by atoms with E-state index < -0.39 is 35.9 Å². The van der Waals surface area contributed by atoms with Crippen molar-refractivity contribution in [3.05, 3.63) is 66.3 Å². The van der Waals surface area contributed by atoms with Crippen LogP contribution in [0.5, 0.6) is 0 Å². The molecule has 39 heavy (non-hydrogen) atoms. The van der Waals surface area contributed by atoms with Crippen LogP contribution >= 0.6 is 0 Å². The number of piperidine rings is 1. The molecule has 2 saturated heterocycles. The maximum Gasteiger partial charge on any atom is 0.418 e. The number of nitrogens with two attached hydrogens (primary N) is 1. The van der Waals surface area contributed by atoms with Gasteiger partial charge in [-0.2, -0.15) is 0 Å². The molecule has 2 aliphatic rings. The number of nitrogens with one attached hydrogen (secondary N) is 2. The number of amides is 4. The summed E-state index contributed by atoms with van der Waals surface area (Å²) < 4.78 is 31.6. The van der Waals surface area contributed by atoms with Crippen molar-refractivity contribution < 1.29 is 27.9 Å². The van der Waals surface area contributed by atoms with Gasteiger partial charge in [-0.3, -0.25) is 4.79 Å². The molecule has 11 heteroatoms. The second-order valence-corrected chi connectivity index (χ2v) is 9.74. The average molecular weight is 546 g/mol. The van der Waals surface area contributed by atoms with E-state index in [0.29, 0.717) is 18.9 Å². The lowest BCUT2D eigenvalue weighted by Gasteiger charge is -2.32. The van der Waals surface area contributed by atoms with E-state index in [4.69, 9.17) is 10.5 Å². The Bertz CT molecular complexity index is 1100. The molecule has 1 aromatic rings. The summed E-state index contributed by atoms with van der Waals surface area (Å²) in [4.78, 5) is 39.8. The van der Waals surface area contributed by atoms with Gasteiger partial charge in [-0.15, -0.1) is 0 Å². The van der Waals surface area contributed by atoms with Crippen molar-refractivity contribution in [2.75, 3.05) is 38.1 Å². The van der Waals surface area contributed by atoms with E-state index >= 15 is 0 Å². The highest BCUT2D eigenvalue weighted by molar-refractivity contribution is 5.94. The van der Waals surface area contributed by atoms with Crippen molar-refractivity contribution in [2.45, 2.75) is 50.6 Å². The molecule has 4 N–H and O–H groups in total. The quantitative estimate of drug-likeness (QED) is 0.281. The molecule has 2 aliphatic heterocycles. The first-order valence-electron chi connectivity index (χ1n) is 13.2. The van der Waals surface area contributed by atoms with Crippen molar-refractivity contribution >= 4 is 23.7 Å². The lowest BCUT2D eigenvalue weighted by Crippen LogP contribution is -2.46. The van der Waals surface area contributed by atoms with Crippen molar-refractivity contribution in [1.29, 1.82) is 0 Å². The normalized spacial score (nSPS) is 19.9. The van der Waals surface area contributed by atoms with Gasteiger partial charge < -0.3 is 26.0 Å². The summed E-state index contributed by atoms with van der Waals surface area (Å²) in [6.45, 7) is 7.81. The molecule has 2 heterocycles. The van der Waals surface area contributed by atoms with E-state index in [1.54, 1.807) is 6.92 Å². The first-order valence-corrected chi connectivity index (χ1v) is 13.2. The smallest absolute Gasteiger partial charge is 0.418 e. The zero-order valence-corrected chi connectivity index (χ0v) is 22.2. The maximum absolute atomic E-state index is 13.5. The van der Waals surface area contributed by atoms with E-state index in [0.717, 1.165) is 55.2 Å². The van der Waals surface area contributed by atoms with E-state index in [1.165, 1.54) is 11.6 Å². The number of imide groups is 1. The molecule has 212 valence electrons. The number of hydrogen-bond acceptors (Lipinski definition) is 6. The first kappa shape index (κ1) is 30.0. The molecule has 9 nitrogen and oxygen atoms in total. The van der Waals surface area contributed by atoms with Crippen LogP contribution in [0.15, 0.2) is 60.7 Å². The fourth-order valence-corrected chi connectivity index (χ4v) is 4.59. The molecule has 3 rings (SSSR count). The second-order valence-electron chi connectivity index (χ2n) is 9.74. The fourth-order valence-electron chi connectivity index (χ4n) is 4.59. The van der Waals surface area contributed by atoms with Crippen molar-refractivity contribution in [3.8, 4) is 0 Å². The van der Waals surface area contributed by atoms with E-state index in [1.807, 2.05) is 18.2 Å². The van der Waals surface area contributed by atoms with Crippen LogP contribution in [-0.2, 0) is 9.53 Å². The number of benzene rings is 1. The van der Waals surface area contributed by atoms with Crippen molar-refractivity contribution in [3.63, 3.8) is 0 Å². The minimum absolute atomic E-state index is 0.0117. The van der Waals surface area contributed by atoms with Crippen molar-refractivity contribution in [2.24, 2.45) is 5.73 Å². The number of carbonyl (C=O) groups excluding carboxylic acids is 3. The number of anilines is 1. The van der Waals surface area contributed by atoms with Gasteiger partial charge in [0.05, 0.1) is 12.1 Å². The van der Waals surface area contributed by atoms with E-state index in [2.05, 4.69) is 28.2 Å². The SMILES string of the molecule is C=C/C(F)=C(F)\C=C/CC1COC(=O)N1C(=O)NCCCN1CCC(c2cccc(NC(=O)C(C)N)c2)CC1. The predicted molar refractivity (Wildman–Crippen MR) is 145 cm³/mol. The Morgan fingerprint density at radius 3 is 2.69 bits per heavy atom. The Hall–Kier alpha value is -3.57. The molecule has 0 spiro atoms. The summed E-state index contributed by atoms with van der Waals surface area (Å²) in [5, 5.41) is 5.59. The van der Waals surface area contributed by atoms with Crippen LogP contribution in [-0.4, -0.2) is 72.7 Å². The molecule has 0 radical (unpaired) electrons. The number of cyclic esters (lactones) is 1. The first-order chi connectivity index (χ1) is 18.7. The minimum Gasteiger partial charge on any atom is -0.447 e. The minimum atomic E-state index is -1.08. The highest BCUT2D eigenvalue weighted by Crippen LogP contribution is 2.29. The molecular weight excluding hydrogens is 508 g/mol. The van der Waals surface area contributed by atoms with Gasteiger partial charge >= 0.3 is 12.1 Å². The maximum atomic E-state index is 13.5. The molecule has 4 amide bonds. The number of carbonyl (C=O) groups is 3. The Morgan fingerprint density at radius 2 is 2.00 bits per heavy atom. The number of hydrogen-bond donors (Lipinski definition) is 3. The topological polar surface area (TPSA) is 117 Å². The highest BCUT2D eigenvalue weighted by Gasteiger charge is 2.37. The molecule has 2 atom stereocenters. The van der Waals surface area contributed by atoms with Gasteiger partial charge in [-0.25, -0.2) is 23.3 Å². The number of allylic oxidation sites excluding steroid dienone is 4. The van der Waals surface area contributed by atoms with Crippen LogP contribution in [0.25, 0.3) is 0 Å². The Morgan fingerprint density at radius 1 is 1.26 bits per heavy atom. The van der Waals surface area contributed by atoms with E-state index in [-0.39, 0.29) is 18.9 Å². The van der Waals surface area contributed by atoms with E-state index in [9.17, 15) is 23.2 Å². The molecule has 0 aliphatic carbocycles. The molecule has 0 bridgehead atoms. The van der Waals surface area contributed by atoms with Crippen molar-refractivity contribution in [1.82, 2.24) is 15.1 Å². The van der Waals surface area contributed by atoms with Crippen LogP contribution in [0, 0.1) is 0 Å². The Balaban J connectivity index is 1.39. The third-order valence-electron chi connectivity index (χ3n) is 6.81. The lowest BCUT2D eigenvalue weighted by molar-refractivity contribution is -0.117. The summed E-state index contributed by atoms with van der Waals surface area (Å²) in [6.07, 6.45) is 5.10. The van der Waals surface area contributed by atoms with Gasteiger partial charge in [-0.05, 0) is 88.0 Å². The predicted octanol–water partition coefficient (Wildman–Crippen LogP) is 4.36. The average Bonchev–Trinajstić information content (AvgIpc) is 3.30. The number of nitrogens with zero attached hydrogens (tertiary/aromatic N) is 2. The zero-order chi connectivity index (χ0) is 28.4. The summed E-state index contributed by atoms with van der Waals surface area (Å²) in [7, 11) is 0. The number of likely N-dealkylation sites (tertiary alicyclic amines) is 1. The number of ether oxygens (including phenoxy) is 1. The fraction of sp³-hybridized carbons (Fsp3) is 0.464. The van der Waals surface area contributed by atoms with Crippen LogP contribution < -0.4 is 16.4 Å². The molecule has 0 aromatic heterocycles. The van der Waals surface area contributed by atoms with Gasteiger partial charge in [0.25, 0.3) is 0 Å². The Kier molecular flexibility index (Phi) is 11.2. The molecular formula is C28H37F2N5O4. The van der Waals surface area contributed by atoms with Crippen LogP contribution in [0.3, 0.4) is 0 Å². The largest absolute Gasteiger partial charge is 0.447 e. The highest BCUT2D eigenvalue weighted by atomic mass is 19.2. The third kappa shape index (κ3) is 8.72. The summed E-state index contributed by atoms with van der Waals surface area (Å²) in [6, 6.07) is 6.15. The molecule has 2 unspecified atom stereocenters. The third-order valence-corrected chi connectivity index (χ3v) is 6.81. The van der Waals surface area contributed by atoms with Crippen LogP contribution in [0.2, 0.25) is 0 Å². The molecule has 2 fully saturated rings.